The third-order valence-electron chi connectivity index (χ3n) is 5.45. The van der Waals surface area contributed by atoms with Crippen LogP contribution in [0, 0.1) is 0 Å². The van der Waals surface area contributed by atoms with Gasteiger partial charge in [-0.05, 0) is 69.7 Å². The Bertz CT molecular complexity index is 1080. The number of hydroxylamine groups is 1. The van der Waals surface area contributed by atoms with Gasteiger partial charge in [-0.2, -0.15) is 5.48 Å². The number of Topliss-reactive ketones (excluding diaryl/α,β-unsaturated/α-hetero) is 2. The first-order valence-electron chi connectivity index (χ1n) is 13.0. The van der Waals surface area contributed by atoms with Crippen molar-refractivity contribution in [3.05, 3.63) is 59.7 Å². The van der Waals surface area contributed by atoms with Crippen molar-refractivity contribution in [2.45, 2.75) is 44.2 Å². The second-order valence-corrected chi connectivity index (χ2v) is 8.78. The lowest BCUT2D eigenvalue weighted by molar-refractivity contribution is -0.142. The summed E-state index contributed by atoms with van der Waals surface area (Å²) in [6.45, 7) is 3.71. The molecule has 2 atom stereocenters. The van der Waals surface area contributed by atoms with Crippen molar-refractivity contribution < 1.29 is 34.6 Å². The SMILES string of the molecule is NCCCCNCCCN.Nc1ccccc1C(=O)C[C@H](N)C(=O)O.Nc1ccccc1C(=O)C[C@H](NO)C(=O)O. The minimum atomic E-state index is -1.33. The third-order valence-corrected chi connectivity index (χ3v) is 5.45. The number of hydrogen-bond acceptors (Lipinski definition) is 12. The van der Waals surface area contributed by atoms with Gasteiger partial charge < -0.3 is 49.4 Å². The van der Waals surface area contributed by atoms with E-state index in [0.29, 0.717) is 11.3 Å². The number of nitrogens with two attached hydrogens (primary N) is 5. The quantitative estimate of drug-likeness (QED) is 0.0551. The molecule has 0 spiro atoms. The fraction of sp³-hybridized carbons (Fsp3) is 0.407. The van der Waals surface area contributed by atoms with Crippen LogP contribution in [0.25, 0.3) is 0 Å². The number of carboxylic acid groups (broad SMARTS) is 2. The van der Waals surface area contributed by atoms with Crippen LogP contribution in [0.3, 0.4) is 0 Å². The van der Waals surface area contributed by atoms with E-state index in [0.717, 1.165) is 39.0 Å². The molecule has 0 amide bonds. The molecular formula is C27H43N7O7. The summed E-state index contributed by atoms with van der Waals surface area (Å²) < 4.78 is 0. The average molecular weight is 578 g/mol. The summed E-state index contributed by atoms with van der Waals surface area (Å²) in [6.07, 6.45) is 2.77. The van der Waals surface area contributed by atoms with Crippen molar-refractivity contribution in [2.24, 2.45) is 17.2 Å². The van der Waals surface area contributed by atoms with Gasteiger partial charge in [0.2, 0.25) is 0 Å². The van der Waals surface area contributed by atoms with Gasteiger partial charge in [-0.25, -0.2) is 0 Å². The monoisotopic (exact) mass is 577 g/mol. The smallest absolute Gasteiger partial charge is 0.323 e. The van der Waals surface area contributed by atoms with E-state index < -0.39 is 29.8 Å². The highest BCUT2D eigenvalue weighted by Gasteiger charge is 2.22. The molecule has 14 heteroatoms. The predicted octanol–water partition coefficient (Wildman–Crippen LogP) is 0.191. The van der Waals surface area contributed by atoms with E-state index in [1.165, 1.54) is 12.5 Å². The van der Waals surface area contributed by atoms with Crippen molar-refractivity contribution in [1.29, 1.82) is 0 Å². The Kier molecular flexibility index (Phi) is 19.8. The van der Waals surface area contributed by atoms with Crippen LogP contribution in [-0.2, 0) is 9.59 Å². The zero-order chi connectivity index (χ0) is 31.2. The Labute approximate surface area is 239 Å². The zero-order valence-electron chi connectivity index (χ0n) is 23.0. The number of ketones is 2. The van der Waals surface area contributed by atoms with E-state index in [-0.39, 0.29) is 29.9 Å². The van der Waals surface area contributed by atoms with Crippen molar-refractivity contribution in [2.75, 3.05) is 37.6 Å². The molecule has 0 aliphatic heterocycles. The maximum atomic E-state index is 11.6. The van der Waals surface area contributed by atoms with Crippen LogP contribution in [0.5, 0.6) is 0 Å². The molecule has 15 N–H and O–H groups in total. The number of aliphatic carboxylic acids is 2. The van der Waals surface area contributed by atoms with Crippen LogP contribution in [-0.4, -0.2) is 77.2 Å². The summed E-state index contributed by atoms with van der Waals surface area (Å²) in [4.78, 5) is 44.2. The summed E-state index contributed by atoms with van der Waals surface area (Å²) in [5.74, 6) is -3.29. The summed E-state index contributed by atoms with van der Waals surface area (Å²) in [5, 5.41) is 29.0. The van der Waals surface area contributed by atoms with Gasteiger partial charge in [0.1, 0.15) is 12.1 Å². The first-order valence-corrected chi connectivity index (χ1v) is 13.0. The second-order valence-electron chi connectivity index (χ2n) is 8.78. The number of nitrogens with one attached hydrogen (secondary N) is 2. The van der Waals surface area contributed by atoms with Crippen molar-refractivity contribution in [1.82, 2.24) is 10.8 Å². The Balaban J connectivity index is 0.000000603. The number of rotatable bonds is 16. The largest absolute Gasteiger partial charge is 0.480 e. The van der Waals surface area contributed by atoms with E-state index in [4.69, 9.17) is 44.1 Å². The molecular weight excluding hydrogens is 534 g/mol. The number of benzene rings is 2. The molecule has 2 rings (SSSR count). The van der Waals surface area contributed by atoms with Gasteiger partial charge in [0.05, 0.1) is 0 Å². The minimum Gasteiger partial charge on any atom is -0.480 e. The number of carbonyl (C=O) groups excluding carboxylic acids is 2. The zero-order valence-corrected chi connectivity index (χ0v) is 23.0. The molecule has 14 nitrogen and oxygen atoms in total. The van der Waals surface area contributed by atoms with Gasteiger partial charge in [0, 0.05) is 35.3 Å². The number of unbranched alkanes of at least 4 members (excludes halogenated alkanes) is 1. The molecule has 2 aromatic carbocycles. The maximum Gasteiger partial charge on any atom is 0.323 e. The standard InChI is InChI=1S/C10H12N2O4.C10H12N2O3.C7H19N3/c11-7-4-2-1-3-6(7)9(13)5-8(12-16)10(14)15;11-7-4-2-1-3-6(7)9(13)5-8(12)10(14)15;8-4-1-2-6-10-7-3-5-9/h1-4,8,12,16H,5,11H2,(H,14,15);1-4,8H,5,11-12H2,(H,14,15);10H,1-9H2/t2*8-;/m00./s1. The van der Waals surface area contributed by atoms with Gasteiger partial charge in [-0.1, -0.05) is 24.3 Å². The Morgan fingerprint density at radius 3 is 1.59 bits per heavy atom. The lowest BCUT2D eigenvalue weighted by Gasteiger charge is -2.09. The molecule has 0 aliphatic carbocycles. The van der Waals surface area contributed by atoms with Crippen molar-refractivity contribution >= 4 is 34.9 Å². The van der Waals surface area contributed by atoms with Crippen LogP contribution in [0.1, 0.15) is 52.8 Å². The predicted molar refractivity (Wildman–Crippen MR) is 156 cm³/mol. The molecule has 0 bridgehead atoms. The lowest BCUT2D eigenvalue weighted by Crippen LogP contribution is -2.36. The molecule has 0 fully saturated rings. The second kappa shape index (κ2) is 21.8. The fourth-order valence-corrected chi connectivity index (χ4v) is 3.13. The van der Waals surface area contributed by atoms with Crippen LogP contribution in [0.4, 0.5) is 11.4 Å². The van der Waals surface area contributed by atoms with E-state index in [1.807, 2.05) is 0 Å². The van der Waals surface area contributed by atoms with Crippen LogP contribution >= 0.6 is 0 Å². The van der Waals surface area contributed by atoms with Gasteiger partial charge in [-0.15, -0.1) is 0 Å². The number of anilines is 2. The van der Waals surface area contributed by atoms with E-state index in [9.17, 15) is 19.2 Å². The summed E-state index contributed by atoms with van der Waals surface area (Å²) >= 11 is 0. The highest BCUT2D eigenvalue weighted by atomic mass is 16.5. The third kappa shape index (κ3) is 16.1. The summed E-state index contributed by atoms with van der Waals surface area (Å²) in [7, 11) is 0. The number of nitrogen functional groups attached to an aromatic ring is 2. The first-order chi connectivity index (χ1) is 19.5. The first kappa shape index (κ1) is 37.1. The normalized spacial score (nSPS) is 11.6. The molecule has 2 aromatic rings. The van der Waals surface area contributed by atoms with Gasteiger partial charge in [0.15, 0.2) is 11.6 Å². The van der Waals surface area contributed by atoms with E-state index >= 15 is 0 Å². The molecule has 0 saturated heterocycles. The van der Waals surface area contributed by atoms with Gasteiger partial charge >= 0.3 is 11.9 Å². The lowest BCUT2D eigenvalue weighted by atomic mass is 10.0. The molecule has 0 unspecified atom stereocenters. The fourth-order valence-electron chi connectivity index (χ4n) is 3.13. The molecule has 0 aliphatic rings. The van der Waals surface area contributed by atoms with Crippen molar-refractivity contribution in [3.8, 4) is 0 Å². The number of carbonyl (C=O) groups is 4. The number of carboxylic acids is 2. The molecule has 228 valence electrons. The molecule has 0 radical (unpaired) electrons. The Morgan fingerprint density at radius 2 is 1.17 bits per heavy atom. The van der Waals surface area contributed by atoms with E-state index in [2.05, 4.69) is 5.32 Å². The molecule has 0 saturated carbocycles. The molecule has 0 heterocycles. The average Bonchev–Trinajstić information content (AvgIpc) is 2.94. The molecule has 0 aromatic heterocycles. The van der Waals surface area contributed by atoms with Gasteiger partial charge in [-0.3, -0.25) is 19.2 Å². The molecule has 41 heavy (non-hydrogen) atoms. The Morgan fingerprint density at radius 1 is 0.707 bits per heavy atom. The highest BCUT2D eigenvalue weighted by Crippen LogP contribution is 2.14. The van der Waals surface area contributed by atoms with Gasteiger partial charge in [0.25, 0.3) is 0 Å². The number of hydrogen-bond donors (Lipinski definition) is 10. The van der Waals surface area contributed by atoms with Crippen molar-refractivity contribution in [3.63, 3.8) is 0 Å². The summed E-state index contributed by atoms with van der Waals surface area (Å²) in [5.41, 5.74) is 29.8. The van der Waals surface area contributed by atoms with E-state index in [1.54, 1.807) is 47.9 Å². The van der Waals surface area contributed by atoms with Crippen LogP contribution in [0.2, 0.25) is 0 Å². The van der Waals surface area contributed by atoms with Crippen LogP contribution < -0.4 is 39.5 Å². The summed E-state index contributed by atoms with van der Waals surface area (Å²) in [6, 6.07) is 10.3. The van der Waals surface area contributed by atoms with Crippen LogP contribution in [0.15, 0.2) is 48.5 Å². The topological polar surface area (TPSA) is 283 Å². The maximum absolute atomic E-state index is 11.6. The Hall–Kier alpha value is -3.92. The highest BCUT2D eigenvalue weighted by molar-refractivity contribution is 6.03. The number of para-hydroxylation sites is 2. The minimum absolute atomic E-state index is 0.246.